The molecule has 0 spiro atoms. The average molecular weight is 355 g/mol. The molecule has 0 saturated heterocycles. The number of ether oxygens (including phenoxy) is 2. The third kappa shape index (κ3) is 4.99. The molecule has 0 bridgehead atoms. The molecule has 1 aliphatic heterocycles. The average Bonchev–Trinajstić information content (AvgIpc) is 3.08. The molecule has 2 aromatic carbocycles. The molecule has 2 N–H and O–H groups in total. The van der Waals surface area contributed by atoms with E-state index in [1.807, 2.05) is 36.4 Å². The second kappa shape index (κ2) is 8.38. The molecule has 1 unspecified atom stereocenters. The van der Waals surface area contributed by atoms with Crippen LogP contribution >= 0.6 is 0 Å². The van der Waals surface area contributed by atoms with Gasteiger partial charge in [-0.15, -0.1) is 0 Å². The number of fused-ring (bicyclic) bond motifs is 1. The van der Waals surface area contributed by atoms with Crippen LogP contribution < -0.4 is 14.8 Å². The second-order valence-electron chi connectivity index (χ2n) is 6.25. The van der Waals surface area contributed by atoms with Crippen molar-refractivity contribution in [3.63, 3.8) is 0 Å². The van der Waals surface area contributed by atoms with Crippen molar-refractivity contribution in [2.45, 2.75) is 31.7 Å². The Bertz CT molecular complexity index is 775. The van der Waals surface area contributed by atoms with Crippen molar-refractivity contribution < 1.29 is 24.2 Å². The molecule has 1 aliphatic rings. The fourth-order valence-electron chi connectivity index (χ4n) is 2.94. The van der Waals surface area contributed by atoms with Crippen molar-refractivity contribution in [1.82, 2.24) is 5.32 Å². The van der Waals surface area contributed by atoms with E-state index in [2.05, 4.69) is 5.32 Å². The SMILES string of the molecule is O=C(O)CCC(Cc1ccccc1)NC(=O)Cc1ccc2c(c1)OCO2. The van der Waals surface area contributed by atoms with Gasteiger partial charge in [0.15, 0.2) is 11.5 Å². The van der Waals surface area contributed by atoms with Crippen LogP contribution in [-0.4, -0.2) is 29.8 Å². The summed E-state index contributed by atoms with van der Waals surface area (Å²) in [5, 5.41) is 11.9. The Morgan fingerprint density at radius 3 is 2.58 bits per heavy atom. The fourth-order valence-corrected chi connectivity index (χ4v) is 2.94. The van der Waals surface area contributed by atoms with Crippen molar-refractivity contribution in [2.75, 3.05) is 6.79 Å². The number of hydrogen-bond donors (Lipinski definition) is 2. The molecular weight excluding hydrogens is 334 g/mol. The van der Waals surface area contributed by atoms with Gasteiger partial charge in [-0.05, 0) is 36.1 Å². The first kappa shape index (κ1) is 17.8. The summed E-state index contributed by atoms with van der Waals surface area (Å²) in [5.41, 5.74) is 1.88. The Labute approximate surface area is 151 Å². The molecule has 1 amide bonds. The van der Waals surface area contributed by atoms with Gasteiger partial charge in [-0.3, -0.25) is 9.59 Å². The van der Waals surface area contributed by atoms with Gasteiger partial charge in [-0.1, -0.05) is 36.4 Å². The topological polar surface area (TPSA) is 84.9 Å². The number of nitrogens with one attached hydrogen (secondary N) is 1. The number of carboxylic acids is 1. The maximum atomic E-state index is 12.4. The largest absolute Gasteiger partial charge is 0.481 e. The third-order valence-corrected chi connectivity index (χ3v) is 4.20. The quantitative estimate of drug-likeness (QED) is 0.760. The Morgan fingerprint density at radius 2 is 1.81 bits per heavy atom. The van der Waals surface area contributed by atoms with Gasteiger partial charge in [0.25, 0.3) is 0 Å². The molecule has 1 atom stereocenters. The summed E-state index contributed by atoms with van der Waals surface area (Å²) >= 11 is 0. The summed E-state index contributed by atoms with van der Waals surface area (Å²) in [6.07, 6.45) is 1.20. The molecule has 0 saturated carbocycles. The van der Waals surface area contributed by atoms with E-state index in [0.717, 1.165) is 11.1 Å². The van der Waals surface area contributed by atoms with E-state index in [4.69, 9.17) is 14.6 Å². The molecule has 0 aromatic heterocycles. The maximum absolute atomic E-state index is 12.4. The molecule has 6 heteroatoms. The maximum Gasteiger partial charge on any atom is 0.303 e. The predicted octanol–water partition coefficient (Wildman–Crippen LogP) is 2.55. The Hall–Kier alpha value is -3.02. The standard InChI is InChI=1S/C20H21NO5/c22-19(12-15-6-8-17-18(11-15)26-13-25-17)21-16(7-9-20(23)24)10-14-4-2-1-3-5-14/h1-6,8,11,16H,7,9-10,12-13H2,(H,21,22)(H,23,24). The van der Waals surface area contributed by atoms with E-state index in [0.29, 0.717) is 24.3 Å². The monoisotopic (exact) mass is 355 g/mol. The number of hydrogen-bond acceptors (Lipinski definition) is 4. The van der Waals surface area contributed by atoms with Gasteiger partial charge in [-0.2, -0.15) is 0 Å². The minimum Gasteiger partial charge on any atom is -0.481 e. The lowest BCUT2D eigenvalue weighted by Crippen LogP contribution is -2.37. The number of aliphatic carboxylic acids is 1. The Kier molecular flexibility index (Phi) is 5.73. The summed E-state index contributed by atoms with van der Waals surface area (Å²) < 4.78 is 10.6. The second-order valence-corrected chi connectivity index (χ2v) is 6.25. The molecule has 1 heterocycles. The van der Waals surface area contributed by atoms with Crippen molar-refractivity contribution in [2.24, 2.45) is 0 Å². The first-order chi connectivity index (χ1) is 12.6. The van der Waals surface area contributed by atoms with Gasteiger partial charge in [0, 0.05) is 12.5 Å². The highest BCUT2D eigenvalue weighted by atomic mass is 16.7. The fraction of sp³-hybridized carbons (Fsp3) is 0.300. The van der Waals surface area contributed by atoms with Crippen molar-refractivity contribution in [3.8, 4) is 11.5 Å². The highest BCUT2D eigenvalue weighted by molar-refractivity contribution is 5.79. The lowest BCUT2D eigenvalue weighted by Gasteiger charge is -2.18. The van der Waals surface area contributed by atoms with Crippen molar-refractivity contribution in [1.29, 1.82) is 0 Å². The van der Waals surface area contributed by atoms with Gasteiger partial charge in [-0.25, -0.2) is 0 Å². The van der Waals surface area contributed by atoms with E-state index in [9.17, 15) is 9.59 Å². The molecule has 0 aliphatic carbocycles. The van der Waals surface area contributed by atoms with Gasteiger partial charge < -0.3 is 19.9 Å². The number of benzene rings is 2. The summed E-state index contributed by atoms with van der Waals surface area (Å²) in [6.45, 7) is 0.194. The van der Waals surface area contributed by atoms with Crippen LogP contribution in [0.3, 0.4) is 0 Å². The van der Waals surface area contributed by atoms with Crippen LogP contribution in [0.25, 0.3) is 0 Å². The van der Waals surface area contributed by atoms with E-state index in [-0.39, 0.29) is 31.6 Å². The third-order valence-electron chi connectivity index (χ3n) is 4.20. The summed E-state index contributed by atoms with van der Waals surface area (Å²) in [6, 6.07) is 14.9. The summed E-state index contributed by atoms with van der Waals surface area (Å²) in [4.78, 5) is 23.3. The minimum absolute atomic E-state index is 0.0157. The number of carboxylic acid groups (broad SMARTS) is 1. The van der Waals surface area contributed by atoms with E-state index in [1.54, 1.807) is 12.1 Å². The molecule has 2 aromatic rings. The zero-order valence-corrected chi connectivity index (χ0v) is 14.3. The van der Waals surface area contributed by atoms with Crippen molar-refractivity contribution in [3.05, 3.63) is 59.7 Å². The van der Waals surface area contributed by atoms with E-state index in [1.165, 1.54) is 0 Å². The summed E-state index contributed by atoms with van der Waals surface area (Å²) in [7, 11) is 0. The normalized spacial score (nSPS) is 13.2. The molecule has 6 nitrogen and oxygen atoms in total. The highest BCUT2D eigenvalue weighted by Crippen LogP contribution is 2.32. The van der Waals surface area contributed by atoms with Crippen LogP contribution in [0.4, 0.5) is 0 Å². The Morgan fingerprint density at radius 1 is 1.04 bits per heavy atom. The molecule has 26 heavy (non-hydrogen) atoms. The molecule has 0 radical (unpaired) electrons. The van der Waals surface area contributed by atoms with Crippen LogP contribution in [-0.2, 0) is 22.4 Å². The van der Waals surface area contributed by atoms with E-state index < -0.39 is 5.97 Å². The van der Waals surface area contributed by atoms with E-state index >= 15 is 0 Å². The van der Waals surface area contributed by atoms with Gasteiger partial charge in [0.05, 0.1) is 6.42 Å². The first-order valence-electron chi connectivity index (χ1n) is 8.54. The van der Waals surface area contributed by atoms with Gasteiger partial charge in [0.2, 0.25) is 12.7 Å². The number of carbonyl (C=O) groups is 2. The van der Waals surface area contributed by atoms with Crippen LogP contribution in [0.1, 0.15) is 24.0 Å². The van der Waals surface area contributed by atoms with Crippen LogP contribution in [0.15, 0.2) is 48.5 Å². The smallest absolute Gasteiger partial charge is 0.303 e. The lowest BCUT2D eigenvalue weighted by molar-refractivity contribution is -0.137. The number of amides is 1. The zero-order chi connectivity index (χ0) is 18.4. The molecular formula is C20H21NO5. The Balaban J connectivity index is 1.61. The van der Waals surface area contributed by atoms with Crippen LogP contribution in [0.5, 0.6) is 11.5 Å². The first-order valence-corrected chi connectivity index (χ1v) is 8.54. The summed E-state index contributed by atoms with van der Waals surface area (Å²) in [5.74, 6) is 0.308. The number of rotatable bonds is 8. The van der Waals surface area contributed by atoms with Crippen LogP contribution in [0.2, 0.25) is 0 Å². The number of carbonyl (C=O) groups excluding carboxylic acids is 1. The molecule has 3 rings (SSSR count). The van der Waals surface area contributed by atoms with Crippen molar-refractivity contribution >= 4 is 11.9 Å². The predicted molar refractivity (Wildman–Crippen MR) is 95.2 cm³/mol. The van der Waals surface area contributed by atoms with Gasteiger partial charge in [0.1, 0.15) is 0 Å². The van der Waals surface area contributed by atoms with Crippen LogP contribution in [0, 0.1) is 0 Å². The molecule has 136 valence electrons. The van der Waals surface area contributed by atoms with Gasteiger partial charge >= 0.3 is 5.97 Å². The molecule has 0 fully saturated rings. The zero-order valence-electron chi connectivity index (χ0n) is 14.3. The lowest BCUT2D eigenvalue weighted by atomic mass is 10.0. The highest BCUT2D eigenvalue weighted by Gasteiger charge is 2.17. The minimum atomic E-state index is -0.868.